The fourth-order valence-corrected chi connectivity index (χ4v) is 1.77. The van der Waals surface area contributed by atoms with Crippen molar-refractivity contribution in [2.24, 2.45) is 0 Å². The zero-order valence-corrected chi connectivity index (χ0v) is 10.6. The van der Waals surface area contributed by atoms with Gasteiger partial charge in [0.15, 0.2) is 0 Å². The van der Waals surface area contributed by atoms with Gasteiger partial charge in [-0.25, -0.2) is 4.79 Å². The highest BCUT2D eigenvalue weighted by Crippen LogP contribution is 2.20. The van der Waals surface area contributed by atoms with Gasteiger partial charge in [-0.05, 0) is 23.3 Å². The molecule has 2 aromatic carbocycles. The van der Waals surface area contributed by atoms with Crippen molar-refractivity contribution in [1.29, 1.82) is 0 Å². The maximum absolute atomic E-state index is 11.8. The lowest BCUT2D eigenvalue weighted by atomic mass is 10.0. The van der Waals surface area contributed by atoms with Crippen molar-refractivity contribution in [2.75, 3.05) is 13.2 Å². The maximum atomic E-state index is 11.8. The number of carbonyl (C=O) groups is 1. The fourth-order valence-electron chi connectivity index (χ4n) is 1.77. The average Bonchev–Trinajstić information content (AvgIpc) is 2.48. The van der Waals surface area contributed by atoms with Crippen LogP contribution in [0.2, 0.25) is 0 Å². The molecule has 0 spiro atoms. The normalized spacial score (nSPS) is 10.2. The molecular formula is C16H16O3. The van der Waals surface area contributed by atoms with Gasteiger partial charge in [0.2, 0.25) is 0 Å². The lowest BCUT2D eigenvalue weighted by molar-refractivity contribution is 0.0482. The Kier molecular flexibility index (Phi) is 4.70. The minimum Gasteiger partial charge on any atom is -0.462 e. The second-order valence-electron chi connectivity index (χ2n) is 4.16. The van der Waals surface area contributed by atoms with Gasteiger partial charge in [-0.3, -0.25) is 0 Å². The quantitative estimate of drug-likeness (QED) is 0.661. The van der Waals surface area contributed by atoms with Gasteiger partial charge in [-0.15, -0.1) is 0 Å². The van der Waals surface area contributed by atoms with Crippen LogP contribution in [0.1, 0.15) is 16.8 Å². The van der Waals surface area contributed by atoms with Crippen LogP contribution in [0.4, 0.5) is 0 Å². The molecule has 0 radical (unpaired) electrons. The standard InChI is InChI=1S/C16H16O3/c17-10-5-11-19-16(18)15-9-4-8-14(12-15)13-6-2-1-3-7-13/h1-4,6-9,12,17H,5,10-11H2. The zero-order valence-electron chi connectivity index (χ0n) is 10.6. The van der Waals surface area contributed by atoms with E-state index in [4.69, 9.17) is 9.84 Å². The summed E-state index contributed by atoms with van der Waals surface area (Å²) >= 11 is 0. The molecule has 2 aromatic rings. The van der Waals surface area contributed by atoms with E-state index in [1.807, 2.05) is 48.5 Å². The molecule has 1 N–H and O–H groups in total. The highest BCUT2D eigenvalue weighted by Gasteiger charge is 2.08. The van der Waals surface area contributed by atoms with E-state index < -0.39 is 0 Å². The second kappa shape index (κ2) is 6.71. The van der Waals surface area contributed by atoms with E-state index >= 15 is 0 Å². The Morgan fingerprint density at radius 2 is 1.74 bits per heavy atom. The Hall–Kier alpha value is -2.13. The van der Waals surface area contributed by atoms with E-state index in [0.29, 0.717) is 12.0 Å². The van der Waals surface area contributed by atoms with Crippen LogP contribution in [-0.4, -0.2) is 24.3 Å². The first kappa shape index (κ1) is 13.3. The number of esters is 1. The van der Waals surface area contributed by atoms with Crippen LogP contribution in [0.5, 0.6) is 0 Å². The molecule has 0 aliphatic carbocycles. The van der Waals surface area contributed by atoms with E-state index in [1.54, 1.807) is 6.07 Å². The monoisotopic (exact) mass is 256 g/mol. The molecule has 98 valence electrons. The number of hydrogen-bond donors (Lipinski definition) is 1. The summed E-state index contributed by atoms with van der Waals surface area (Å²) in [6, 6.07) is 17.2. The predicted molar refractivity (Wildman–Crippen MR) is 73.9 cm³/mol. The Morgan fingerprint density at radius 1 is 1.00 bits per heavy atom. The zero-order chi connectivity index (χ0) is 13.5. The third kappa shape index (κ3) is 3.66. The third-order valence-electron chi connectivity index (χ3n) is 2.74. The number of carbonyl (C=O) groups excluding carboxylic acids is 1. The maximum Gasteiger partial charge on any atom is 0.338 e. The largest absolute Gasteiger partial charge is 0.462 e. The molecule has 0 heterocycles. The van der Waals surface area contributed by atoms with E-state index in [0.717, 1.165) is 11.1 Å². The van der Waals surface area contributed by atoms with Crippen molar-refractivity contribution < 1.29 is 14.6 Å². The van der Waals surface area contributed by atoms with Gasteiger partial charge in [-0.1, -0.05) is 42.5 Å². The van der Waals surface area contributed by atoms with Gasteiger partial charge < -0.3 is 9.84 Å². The van der Waals surface area contributed by atoms with Crippen LogP contribution in [-0.2, 0) is 4.74 Å². The molecule has 0 atom stereocenters. The first-order valence-electron chi connectivity index (χ1n) is 6.25. The Bertz CT molecular complexity index is 535. The number of ether oxygens (including phenoxy) is 1. The van der Waals surface area contributed by atoms with Crippen LogP contribution in [0, 0.1) is 0 Å². The Balaban J connectivity index is 2.13. The summed E-state index contributed by atoms with van der Waals surface area (Å²) < 4.78 is 5.06. The highest BCUT2D eigenvalue weighted by molar-refractivity contribution is 5.91. The van der Waals surface area contributed by atoms with Crippen molar-refractivity contribution in [3.8, 4) is 11.1 Å². The average molecular weight is 256 g/mol. The van der Waals surface area contributed by atoms with Crippen LogP contribution < -0.4 is 0 Å². The minimum atomic E-state index is -0.355. The highest BCUT2D eigenvalue weighted by atomic mass is 16.5. The summed E-state index contributed by atoms with van der Waals surface area (Å²) in [6.07, 6.45) is 0.462. The second-order valence-corrected chi connectivity index (χ2v) is 4.16. The number of hydrogen-bond acceptors (Lipinski definition) is 3. The number of benzene rings is 2. The molecule has 0 fully saturated rings. The SMILES string of the molecule is O=C(OCCCO)c1cccc(-c2ccccc2)c1. The van der Waals surface area contributed by atoms with E-state index in [-0.39, 0.29) is 19.2 Å². The number of aliphatic hydroxyl groups excluding tert-OH is 1. The minimum absolute atomic E-state index is 0.0251. The molecule has 0 saturated heterocycles. The third-order valence-corrected chi connectivity index (χ3v) is 2.74. The fraction of sp³-hybridized carbons (Fsp3) is 0.188. The topological polar surface area (TPSA) is 46.5 Å². The predicted octanol–water partition coefficient (Wildman–Crippen LogP) is 2.89. The first-order valence-corrected chi connectivity index (χ1v) is 6.25. The van der Waals surface area contributed by atoms with Crippen LogP contribution >= 0.6 is 0 Å². The van der Waals surface area contributed by atoms with Crippen molar-refractivity contribution in [1.82, 2.24) is 0 Å². The summed E-state index contributed by atoms with van der Waals surface area (Å²) in [7, 11) is 0. The van der Waals surface area contributed by atoms with Crippen molar-refractivity contribution >= 4 is 5.97 Å². The van der Waals surface area contributed by atoms with Gasteiger partial charge in [0.25, 0.3) is 0 Å². The Labute approximate surface area is 112 Å². The van der Waals surface area contributed by atoms with Gasteiger partial charge in [-0.2, -0.15) is 0 Å². The smallest absolute Gasteiger partial charge is 0.338 e. The number of rotatable bonds is 5. The molecule has 0 amide bonds. The van der Waals surface area contributed by atoms with Gasteiger partial charge in [0.05, 0.1) is 12.2 Å². The van der Waals surface area contributed by atoms with Crippen molar-refractivity contribution in [3.05, 3.63) is 60.2 Å². The molecule has 3 heteroatoms. The first-order chi connectivity index (χ1) is 9.31. The lowest BCUT2D eigenvalue weighted by Crippen LogP contribution is -2.07. The molecule has 0 aliphatic rings. The lowest BCUT2D eigenvalue weighted by Gasteiger charge is -2.06. The summed E-state index contributed by atoms with van der Waals surface area (Å²) in [6.45, 7) is 0.266. The number of aliphatic hydroxyl groups is 1. The molecule has 0 aromatic heterocycles. The van der Waals surface area contributed by atoms with Gasteiger partial charge in [0.1, 0.15) is 0 Å². The van der Waals surface area contributed by atoms with Gasteiger partial charge >= 0.3 is 5.97 Å². The molecule has 19 heavy (non-hydrogen) atoms. The van der Waals surface area contributed by atoms with Crippen molar-refractivity contribution in [2.45, 2.75) is 6.42 Å². The summed E-state index contributed by atoms with van der Waals surface area (Å²) in [5, 5.41) is 8.65. The van der Waals surface area contributed by atoms with Crippen molar-refractivity contribution in [3.63, 3.8) is 0 Å². The summed E-state index contributed by atoms with van der Waals surface area (Å²) in [5.41, 5.74) is 2.57. The summed E-state index contributed by atoms with van der Waals surface area (Å²) in [4.78, 5) is 11.8. The summed E-state index contributed by atoms with van der Waals surface area (Å²) in [5.74, 6) is -0.355. The van der Waals surface area contributed by atoms with E-state index in [1.165, 1.54) is 0 Å². The molecule has 2 rings (SSSR count). The molecule has 0 saturated carbocycles. The Morgan fingerprint density at radius 3 is 2.47 bits per heavy atom. The van der Waals surface area contributed by atoms with Gasteiger partial charge in [0, 0.05) is 13.0 Å². The molecule has 0 aliphatic heterocycles. The molecule has 0 bridgehead atoms. The van der Waals surface area contributed by atoms with E-state index in [9.17, 15) is 4.79 Å². The molecule has 0 unspecified atom stereocenters. The molecular weight excluding hydrogens is 240 g/mol. The van der Waals surface area contributed by atoms with Crippen LogP contribution in [0.3, 0.4) is 0 Å². The van der Waals surface area contributed by atoms with Crippen LogP contribution in [0.15, 0.2) is 54.6 Å². The van der Waals surface area contributed by atoms with Crippen LogP contribution in [0.25, 0.3) is 11.1 Å². The molecule has 3 nitrogen and oxygen atoms in total. The van der Waals surface area contributed by atoms with E-state index in [2.05, 4.69) is 0 Å².